The number of allylic oxidation sites excluding steroid dienone is 2. The molecule has 0 spiro atoms. The molecule has 0 aromatic heterocycles. The van der Waals surface area contributed by atoms with Gasteiger partial charge in [-0.15, -0.1) is 0 Å². The first-order valence-corrected chi connectivity index (χ1v) is 14.4. The molecule has 4 rings (SSSR count). The largest absolute Gasteiger partial charge is 0.393 e. The van der Waals surface area contributed by atoms with Crippen LogP contribution in [0.2, 0.25) is 0 Å². The van der Waals surface area contributed by atoms with E-state index in [-0.39, 0.29) is 11.5 Å². The van der Waals surface area contributed by atoms with Crippen LogP contribution in [-0.4, -0.2) is 11.2 Å². The Morgan fingerprint density at radius 3 is 2.18 bits per heavy atom. The maximum Gasteiger partial charge on any atom is 0.0579 e. The highest BCUT2D eigenvalue weighted by molar-refractivity contribution is 5.19. The van der Waals surface area contributed by atoms with Crippen LogP contribution in [0.3, 0.4) is 0 Å². The van der Waals surface area contributed by atoms with Crippen molar-refractivity contribution < 1.29 is 5.11 Å². The van der Waals surface area contributed by atoms with Crippen LogP contribution in [0, 0.1) is 56.7 Å². The van der Waals surface area contributed by atoms with Crippen LogP contribution >= 0.6 is 0 Å². The molecule has 4 aliphatic carbocycles. The molecule has 4 aliphatic rings. The highest BCUT2D eigenvalue weighted by atomic mass is 16.3. The zero-order chi connectivity index (χ0) is 24.6. The number of fused-ring (bicyclic) bond motifs is 5. The maximum absolute atomic E-state index is 11.9. The van der Waals surface area contributed by atoms with E-state index in [1.54, 1.807) is 0 Å². The summed E-state index contributed by atoms with van der Waals surface area (Å²) in [6, 6.07) is 0. The minimum Gasteiger partial charge on any atom is -0.393 e. The molecule has 0 amide bonds. The molecule has 0 heterocycles. The fourth-order valence-electron chi connectivity index (χ4n) is 10.7. The molecule has 4 fully saturated rings. The van der Waals surface area contributed by atoms with Crippen molar-refractivity contribution in [2.75, 3.05) is 0 Å². The van der Waals surface area contributed by atoms with Gasteiger partial charge in [-0.25, -0.2) is 0 Å². The summed E-state index contributed by atoms with van der Waals surface area (Å²) in [4.78, 5) is 0. The first kappa shape index (κ1) is 25.8. The number of rotatable bonds is 4. The zero-order valence-electron chi connectivity index (χ0n) is 23.9. The molecule has 1 N–H and O–H groups in total. The lowest BCUT2D eigenvalue weighted by Crippen LogP contribution is -2.65. The standard InChI is InChI=1S/C32H56O/c1-21(2)12-11-16-28(4,5)23-14-18-32(10)27(23)24(33)20-26-30(8)17-13-22(3)29(6,7)25(30)15-19-31(26,32)9/h12,22-27,33H,11,13-20H2,1-10H3/t22-,23?,24+,25?,26?,27?,30-,31+,32+/m0/s1. The van der Waals surface area contributed by atoms with Gasteiger partial charge in [-0.1, -0.05) is 67.0 Å². The summed E-state index contributed by atoms with van der Waals surface area (Å²) in [5.41, 5.74) is 3.17. The normalized spacial score (nSPS) is 49.1. The van der Waals surface area contributed by atoms with Gasteiger partial charge in [0.1, 0.15) is 0 Å². The Morgan fingerprint density at radius 2 is 1.55 bits per heavy atom. The summed E-state index contributed by atoms with van der Waals surface area (Å²) in [5, 5.41) is 11.9. The van der Waals surface area contributed by atoms with Crippen molar-refractivity contribution in [1.82, 2.24) is 0 Å². The minimum absolute atomic E-state index is 0.124. The van der Waals surface area contributed by atoms with E-state index in [4.69, 9.17) is 0 Å². The molecule has 0 bridgehead atoms. The first-order chi connectivity index (χ1) is 15.1. The second-order valence-corrected chi connectivity index (χ2v) is 15.5. The first-order valence-electron chi connectivity index (χ1n) is 14.4. The van der Waals surface area contributed by atoms with Crippen molar-refractivity contribution in [3.63, 3.8) is 0 Å². The third-order valence-corrected chi connectivity index (χ3v) is 13.3. The van der Waals surface area contributed by atoms with Crippen LogP contribution < -0.4 is 0 Å². The van der Waals surface area contributed by atoms with E-state index in [9.17, 15) is 5.11 Å². The molecule has 33 heavy (non-hydrogen) atoms. The smallest absolute Gasteiger partial charge is 0.0579 e. The molecular formula is C32H56O. The second kappa shape index (κ2) is 8.11. The SMILES string of the molecule is CC(C)=CCCC(C)(C)C1CC[C@]2(C)C1[C@H](O)CC1[C@@]3(C)CC[C@H](C)C(C)(C)C3CC[C@]12C. The third-order valence-electron chi connectivity index (χ3n) is 13.3. The van der Waals surface area contributed by atoms with Crippen molar-refractivity contribution in [2.24, 2.45) is 56.7 Å². The van der Waals surface area contributed by atoms with Gasteiger partial charge in [0, 0.05) is 0 Å². The fraction of sp³-hybridized carbons (Fsp3) is 0.938. The Hall–Kier alpha value is -0.300. The maximum atomic E-state index is 11.9. The quantitative estimate of drug-likeness (QED) is 0.418. The van der Waals surface area contributed by atoms with E-state index in [0.29, 0.717) is 39.4 Å². The Bertz CT molecular complexity index is 771. The van der Waals surface area contributed by atoms with Crippen LogP contribution in [0.1, 0.15) is 127 Å². The van der Waals surface area contributed by atoms with Gasteiger partial charge in [-0.2, -0.15) is 0 Å². The summed E-state index contributed by atoms with van der Waals surface area (Å²) in [5.74, 6) is 3.40. The third kappa shape index (κ3) is 3.64. The van der Waals surface area contributed by atoms with Gasteiger partial charge < -0.3 is 5.11 Å². The van der Waals surface area contributed by atoms with Gasteiger partial charge >= 0.3 is 0 Å². The lowest BCUT2D eigenvalue weighted by atomic mass is 9.34. The number of aliphatic hydroxyl groups excluding tert-OH is 1. The summed E-state index contributed by atoms with van der Waals surface area (Å²) in [6.07, 6.45) is 13.9. The number of hydrogen-bond donors (Lipinski definition) is 1. The van der Waals surface area contributed by atoms with Crippen molar-refractivity contribution >= 4 is 0 Å². The van der Waals surface area contributed by atoms with E-state index in [2.05, 4.69) is 75.3 Å². The summed E-state index contributed by atoms with van der Waals surface area (Å²) in [6.45, 7) is 25.0. The summed E-state index contributed by atoms with van der Waals surface area (Å²) in [7, 11) is 0. The summed E-state index contributed by atoms with van der Waals surface area (Å²) < 4.78 is 0. The van der Waals surface area contributed by atoms with Gasteiger partial charge in [0.05, 0.1) is 6.10 Å². The van der Waals surface area contributed by atoms with Crippen molar-refractivity contribution in [3.05, 3.63) is 11.6 Å². The molecule has 0 saturated heterocycles. The molecule has 190 valence electrons. The van der Waals surface area contributed by atoms with Gasteiger partial charge in [0.25, 0.3) is 0 Å². The van der Waals surface area contributed by atoms with Gasteiger partial charge in [0.2, 0.25) is 0 Å². The number of aliphatic hydroxyl groups is 1. The lowest BCUT2D eigenvalue weighted by Gasteiger charge is -2.71. The number of hydrogen-bond acceptors (Lipinski definition) is 1. The molecule has 0 aromatic carbocycles. The highest BCUT2D eigenvalue weighted by Crippen LogP contribution is 2.76. The van der Waals surface area contributed by atoms with Crippen LogP contribution in [-0.2, 0) is 0 Å². The predicted molar refractivity (Wildman–Crippen MR) is 142 cm³/mol. The molecule has 0 aromatic rings. The van der Waals surface area contributed by atoms with E-state index in [1.165, 1.54) is 56.9 Å². The Labute approximate surface area is 206 Å². The molecule has 0 aliphatic heterocycles. The lowest BCUT2D eigenvalue weighted by molar-refractivity contribution is -0.237. The molecule has 4 unspecified atom stereocenters. The molecule has 1 heteroatoms. The van der Waals surface area contributed by atoms with Crippen LogP contribution in [0.25, 0.3) is 0 Å². The highest BCUT2D eigenvalue weighted by Gasteiger charge is 2.70. The summed E-state index contributed by atoms with van der Waals surface area (Å²) >= 11 is 0. The van der Waals surface area contributed by atoms with Gasteiger partial charge in [-0.05, 0) is 128 Å². The van der Waals surface area contributed by atoms with Crippen molar-refractivity contribution in [1.29, 1.82) is 0 Å². The molecule has 4 saturated carbocycles. The van der Waals surface area contributed by atoms with Crippen LogP contribution in [0.5, 0.6) is 0 Å². The second-order valence-electron chi connectivity index (χ2n) is 15.5. The minimum atomic E-state index is -0.124. The topological polar surface area (TPSA) is 20.2 Å². The average Bonchev–Trinajstić information content (AvgIpc) is 3.08. The Balaban J connectivity index is 1.66. The van der Waals surface area contributed by atoms with E-state index < -0.39 is 0 Å². The average molecular weight is 457 g/mol. The monoisotopic (exact) mass is 456 g/mol. The van der Waals surface area contributed by atoms with Gasteiger partial charge in [-0.3, -0.25) is 0 Å². The van der Waals surface area contributed by atoms with E-state index >= 15 is 0 Å². The zero-order valence-corrected chi connectivity index (χ0v) is 23.9. The van der Waals surface area contributed by atoms with Gasteiger partial charge in [0.15, 0.2) is 0 Å². The van der Waals surface area contributed by atoms with Crippen LogP contribution in [0.4, 0.5) is 0 Å². The van der Waals surface area contributed by atoms with E-state index in [0.717, 1.165) is 18.3 Å². The predicted octanol–water partition coefficient (Wildman–Crippen LogP) is 9.05. The van der Waals surface area contributed by atoms with Crippen molar-refractivity contribution in [2.45, 2.75) is 133 Å². The molecular weight excluding hydrogens is 400 g/mol. The molecule has 0 radical (unpaired) electrons. The van der Waals surface area contributed by atoms with Crippen LogP contribution in [0.15, 0.2) is 11.6 Å². The van der Waals surface area contributed by atoms with E-state index in [1.807, 2.05) is 0 Å². The molecule has 1 nitrogen and oxygen atoms in total. The van der Waals surface area contributed by atoms with Crippen molar-refractivity contribution in [3.8, 4) is 0 Å². The molecule has 9 atom stereocenters. The Kier molecular flexibility index (Phi) is 6.34. The fourth-order valence-corrected chi connectivity index (χ4v) is 10.7. The Morgan fingerprint density at radius 1 is 0.909 bits per heavy atom.